The Kier molecular flexibility index (Phi) is 2.22. The van der Waals surface area contributed by atoms with Crippen molar-refractivity contribution in [2.75, 3.05) is 0 Å². The monoisotopic (exact) mass is 224 g/mol. The van der Waals surface area contributed by atoms with Gasteiger partial charge < -0.3 is 0 Å². The molecule has 2 aromatic carbocycles. The summed E-state index contributed by atoms with van der Waals surface area (Å²) in [6, 6.07) is 17.7. The van der Waals surface area contributed by atoms with Crippen molar-refractivity contribution in [2.45, 2.75) is 6.92 Å². The lowest BCUT2D eigenvalue weighted by Gasteiger charge is -1.95. The number of fused-ring (bicyclic) bond motifs is 1. The van der Waals surface area contributed by atoms with Gasteiger partial charge in [0.1, 0.15) is 5.01 Å². The van der Waals surface area contributed by atoms with Crippen LogP contribution >= 0.6 is 11.3 Å². The Balaban J connectivity index is 2.19. The molecule has 1 nitrogen and oxygen atoms in total. The van der Waals surface area contributed by atoms with E-state index in [0.717, 1.165) is 21.7 Å². The maximum absolute atomic E-state index is 4.61. The molecule has 16 heavy (non-hydrogen) atoms. The summed E-state index contributed by atoms with van der Waals surface area (Å²) in [5, 5.41) is 1.05. The van der Waals surface area contributed by atoms with E-state index in [0.29, 0.717) is 0 Å². The molecule has 0 fully saturated rings. The molecule has 2 heteroatoms. The molecule has 0 spiro atoms. The van der Waals surface area contributed by atoms with Crippen LogP contribution in [0.25, 0.3) is 20.8 Å². The van der Waals surface area contributed by atoms with E-state index in [9.17, 15) is 0 Å². The number of aryl methyl sites for hydroxylation is 1. The Bertz CT molecular complexity index is 607. The zero-order chi connectivity index (χ0) is 11.0. The summed E-state index contributed by atoms with van der Waals surface area (Å²) in [6.45, 7) is 2.05. The zero-order valence-corrected chi connectivity index (χ0v) is 9.71. The highest BCUT2D eigenvalue weighted by molar-refractivity contribution is 7.21. The second kappa shape index (κ2) is 3.72. The Morgan fingerprint density at radius 1 is 1.06 bits per heavy atom. The fourth-order valence-corrected chi connectivity index (χ4v) is 2.64. The quantitative estimate of drug-likeness (QED) is 0.607. The molecule has 0 bridgehead atoms. The van der Waals surface area contributed by atoms with Crippen LogP contribution in [0.4, 0.5) is 0 Å². The molecular formula is C14H10NS. The Labute approximate surface area is 98.4 Å². The first-order valence-corrected chi connectivity index (χ1v) is 5.99. The van der Waals surface area contributed by atoms with Gasteiger partial charge >= 0.3 is 0 Å². The van der Waals surface area contributed by atoms with Crippen molar-refractivity contribution < 1.29 is 0 Å². The molecule has 1 radical (unpaired) electrons. The molecule has 3 aromatic rings. The number of rotatable bonds is 1. The van der Waals surface area contributed by atoms with Gasteiger partial charge in [-0.25, -0.2) is 4.98 Å². The van der Waals surface area contributed by atoms with E-state index < -0.39 is 0 Å². The first kappa shape index (κ1) is 9.55. The lowest BCUT2D eigenvalue weighted by atomic mass is 10.1. The van der Waals surface area contributed by atoms with Crippen molar-refractivity contribution in [1.82, 2.24) is 4.98 Å². The van der Waals surface area contributed by atoms with Crippen LogP contribution in [0, 0.1) is 13.0 Å². The Morgan fingerprint density at radius 2 is 1.94 bits per heavy atom. The van der Waals surface area contributed by atoms with E-state index in [1.165, 1.54) is 4.70 Å². The van der Waals surface area contributed by atoms with Gasteiger partial charge in [-0.15, -0.1) is 11.3 Å². The first-order chi connectivity index (χ1) is 7.83. The number of para-hydroxylation sites is 1. The fraction of sp³-hybridized carbons (Fsp3) is 0.0714. The van der Waals surface area contributed by atoms with Crippen LogP contribution in [0.1, 0.15) is 5.56 Å². The summed E-state index contributed by atoms with van der Waals surface area (Å²) in [6.07, 6.45) is 0. The van der Waals surface area contributed by atoms with Crippen LogP contribution in [-0.2, 0) is 0 Å². The van der Waals surface area contributed by atoms with Crippen LogP contribution in [-0.4, -0.2) is 4.98 Å². The molecule has 0 N–H and O–H groups in total. The van der Waals surface area contributed by atoms with Crippen LogP contribution in [0.2, 0.25) is 0 Å². The highest BCUT2D eigenvalue weighted by Gasteiger charge is 2.05. The molecule has 0 aliphatic rings. The number of hydrogen-bond donors (Lipinski definition) is 0. The predicted molar refractivity (Wildman–Crippen MR) is 68.6 cm³/mol. The normalized spacial score (nSPS) is 10.8. The summed E-state index contributed by atoms with van der Waals surface area (Å²) in [7, 11) is 0. The molecule has 0 atom stereocenters. The van der Waals surface area contributed by atoms with Gasteiger partial charge in [-0.3, -0.25) is 0 Å². The van der Waals surface area contributed by atoms with Crippen LogP contribution in [0.5, 0.6) is 0 Å². The van der Waals surface area contributed by atoms with Crippen molar-refractivity contribution in [3.05, 3.63) is 54.1 Å². The molecule has 77 valence electrons. The summed E-state index contributed by atoms with van der Waals surface area (Å²) < 4.78 is 1.23. The highest BCUT2D eigenvalue weighted by Crippen LogP contribution is 2.29. The number of thiazole rings is 1. The van der Waals surface area contributed by atoms with Crippen molar-refractivity contribution >= 4 is 21.6 Å². The molecule has 0 saturated heterocycles. The first-order valence-electron chi connectivity index (χ1n) is 5.18. The van der Waals surface area contributed by atoms with E-state index in [4.69, 9.17) is 0 Å². The molecule has 0 aliphatic heterocycles. The highest BCUT2D eigenvalue weighted by atomic mass is 32.1. The maximum Gasteiger partial charge on any atom is 0.125 e. The minimum Gasteiger partial charge on any atom is -0.236 e. The van der Waals surface area contributed by atoms with E-state index in [1.807, 2.05) is 24.3 Å². The van der Waals surface area contributed by atoms with Crippen LogP contribution in [0.3, 0.4) is 0 Å². The van der Waals surface area contributed by atoms with Crippen molar-refractivity contribution in [3.8, 4) is 10.6 Å². The maximum atomic E-state index is 4.61. The summed E-state index contributed by atoms with van der Waals surface area (Å²) in [4.78, 5) is 4.61. The fourth-order valence-electron chi connectivity index (χ4n) is 1.70. The predicted octanol–water partition coefficient (Wildman–Crippen LogP) is 4.07. The molecular weight excluding hydrogens is 214 g/mol. The number of benzene rings is 2. The second-order valence-electron chi connectivity index (χ2n) is 3.73. The minimum absolute atomic E-state index is 1.05. The minimum atomic E-state index is 1.05. The molecule has 0 amide bonds. The van der Waals surface area contributed by atoms with Gasteiger partial charge in [-0.2, -0.15) is 0 Å². The summed E-state index contributed by atoms with van der Waals surface area (Å²) >= 11 is 1.72. The van der Waals surface area contributed by atoms with E-state index >= 15 is 0 Å². The Morgan fingerprint density at radius 3 is 2.75 bits per heavy atom. The van der Waals surface area contributed by atoms with E-state index in [1.54, 1.807) is 11.3 Å². The third-order valence-electron chi connectivity index (χ3n) is 2.47. The zero-order valence-electron chi connectivity index (χ0n) is 8.90. The standard InChI is InChI=1S/C14H10NS/c1-10-5-4-6-11(9-10)14-15-12-7-2-3-8-13(12)16-14/h2-8H,1H3. The largest absolute Gasteiger partial charge is 0.236 e. The SMILES string of the molecule is Cc1[c]c(-c2nc3ccccc3s2)ccc1. The van der Waals surface area contributed by atoms with Gasteiger partial charge in [0.2, 0.25) is 0 Å². The van der Waals surface area contributed by atoms with Gasteiger partial charge in [0, 0.05) is 5.56 Å². The van der Waals surface area contributed by atoms with Crippen LogP contribution in [0.15, 0.2) is 42.5 Å². The van der Waals surface area contributed by atoms with Crippen molar-refractivity contribution in [1.29, 1.82) is 0 Å². The topological polar surface area (TPSA) is 12.9 Å². The van der Waals surface area contributed by atoms with Gasteiger partial charge in [0.15, 0.2) is 0 Å². The molecule has 0 aliphatic carbocycles. The second-order valence-corrected chi connectivity index (χ2v) is 4.76. The lowest BCUT2D eigenvalue weighted by Crippen LogP contribution is -1.77. The smallest absolute Gasteiger partial charge is 0.125 e. The van der Waals surface area contributed by atoms with Gasteiger partial charge in [0.05, 0.1) is 10.2 Å². The average molecular weight is 224 g/mol. The Hall–Kier alpha value is -1.67. The summed E-state index contributed by atoms with van der Waals surface area (Å²) in [5.41, 5.74) is 3.30. The van der Waals surface area contributed by atoms with Gasteiger partial charge in [0.25, 0.3) is 0 Å². The van der Waals surface area contributed by atoms with Crippen molar-refractivity contribution in [2.24, 2.45) is 0 Å². The number of aromatic nitrogens is 1. The number of nitrogens with zero attached hydrogens (tertiary/aromatic N) is 1. The summed E-state index contributed by atoms with van der Waals surface area (Å²) in [5.74, 6) is 0. The van der Waals surface area contributed by atoms with Gasteiger partial charge in [-0.1, -0.05) is 30.3 Å². The van der Waals surface area contributed by atoms with Crippen molar-refractivity contribution in [3.63, 3.8) is 0 Å². The van der Waals surface area contributed by atoms with E-state index in [-0.39, 0.29) is 0 Å². The van der Waals surface area contributed by atoms with Gasteiger partial charge in [-0.05, 0) is 30.7 Å². The van der Waals surface area contributed by atoms with E-state index in [2.05, 4.69) is 36.2 Å². The third kappa shape index (κ3) is 1.61. The molecule has 0 saturated carbocycles. The average Bonchev–Trinajstić information content (AvgIpc) is 2.72. The molecule has 1 heterocycles. The molecule has 3 rings (SSSR count). The molecule has 1 aromatic heterocycles. The van der Waals surface area contributed by atoms with Crippen LogP contribution < -0.4 is 0 Å². The number of hydrogen-bond acceptors (Lipinski definition) is 2. The lowest BCUT2D eigenvalue weighted by molar-refractivity contribution is 1.42. The third-order valence-corrected chi connectivity index (χ3v) is 3.53. The molecule has 0 unspecified atom stereocenters.